The van der Waals surface area contributed by atoms with Crippen LogP contribution in [0.3, 0.4) is 0 Å². The fraction of sp³-hybridized carbons (Fsp3) is 0.400. The van der Waals surface area contributed by atoms with E-state index in [1.807, 2.05) is 24.0 Å². The van der Waals surface area contributed by atoms with Crippen LogP contribution < -0.4 is 27.4 Å². The van der Waals surface area contributed by atoms with E-state index in [2.05, 4.69) is 15.3 Å². The van der Waals surface area contributed by atoms with Gasteiger partial charge in [-0.2, -0.15) is 0 Å². The zero-order valence-corrected chi connectivity index (χ0v) is 17.5. The third-order valence-electron chi connectivity index (χ3n) is 5.50. The average molecular weight is 432 g/mol. The molecule has 1 fully saturated rings. The molecular formula is C20H26ClN7O2. The number of benzene rings is 1. The maximum absolute atomic E-state index is 13.0. The van der Waals surface area contributed by atoms with Crippen LogP contribution in [0.15, 0.2) is 30.6 Å². The first-order valence-corrected chi connectivity index (χ1v) is 10.1. The summed E-state index contributed by atoms with van der Waals surface area (Å²) in [5.41, 5.74) is 17.7. The number of piperidine rings is 1. The second-order valence-electron chi connectivity index (χ2n) is 7.45. The van der Waals surface area contributed by atoms with Gasteiger partial charge in [-0.15, -0.1) is 0 Å². The topological polar surface area (TPSA) is 153 Å². The molecular weight excluding hydrogens is 406 g/mol. The molecule has 0 spiro atoms. The molecule has 30 heavy (non-hydrogen) atoms. The van der Waals surface area contributed by atoms with Gasteiger partial charge in [-0.25, -0.2) is 9.97 Å². The molecule has 7 N–H and O–H groups in total. The molecule has 1 saturated heterocycles. The molecule has 3 rings (SSSR count). The molecule has 2 amide bonds. The van der Waals surface area contributed by atoms with Gasteiger partial charge < -0.3 is 27.4 Å². The lowest BCUT2D eigenvalue weighted by atomic mass is 9.86. The van der Waals surface area contributed by atoms with Gasteiger partial charge in [0.15, 0.2) is 0 Å². The minimum absolute atomic E-state index is 0.0311. The largest absolute Gasteiger partial charge is 0.383 e. The third kappa shape index (κ3) is 4.47. The molecule has 0 radical (unpaired) electrons. The van der Waals surface area contributed by atoms with Crippen molar-refractivity contribution >= 4 is 35.1 Å². The van der Waals surface area contributed by atoms with Gasteiger partial charge in [0.05, 0.1) is 11.6 Å². The maximum atomic E-state index is 13.0. The molecule has 1 aliphatic heterocycles. The predicted octanol–water partition coefficient (Wildman–Crippen LogP) is 1.38. The van der Waals surface area contributed by atoms with E-state index < -0.39 is 11.4 Å². The van der Waals surface area contributed by atoms with E-state index in [1.165, 1.54) is 6.33 Å². The highest BCUT2D eigenvalue weighted by atomic mass is 35.5. The molecule has 2 heterocycles. The van der Waals surface area contributed by atoms with Gasteiger partial charge in [0.1, 0.15) is 23.5 Å². The normalized spacial score (nSPS) is 16.7. The van der Waals surface area contributed by atoms with Gasteiger partial charge >= 0.3 is 0 Å². The first-order chi connectivity index (χ1) is 14.2. The minimum atomic E-state index is -1.03. The Bertz CT molecular complexity index is 927. The monoisotopic (exact) mass is 431 g/mol. The summed E-state index contributed by atoms with van der Waals surface area (Å²) in [5.74, 6) is -0.505. The Labute approximate surface area is 180 Å². The molecule has 0 aliphatic carbocycles. The zero-order chi connectivity index (χ0) is 21.9. The lowest BCUT2D eigenvalue weighted by molar-refractivity contribution is -0.127. The van der Waals surface area contributed by atoms with E-state index in [4.69, 9.17) is 28.8 Å². The van der Waals surface area contributed by atoms with Crippen LogP contribution in [0.25, 0.3) is 0 Å². The Kier molecular flexibility index (Phi) is 6.42. The van der Waals surface area contributed by atoms with E-state index in [0.29, 0.717) is 36.8 Å². The number of rotatable bonds is 6. The Morgan fingerprint density at radius 1 is 1.23 bits per heavy atom. The van der Waals surface area contributed by atoms with Gasteiger partial charge in [0, 0.05) is 18.1 Å². The highest BCUT2D eigenvalue weighted by molar-refractivity contribution is 6.30. The van der Waals surface area contributed by atoms with Crippen LogP contribution in [-0.4, -0.2) is 40.4 Å². The number of nitrogen functional groups attached to an aromatic ring is 1. The predicted molar refractivity (Wildman–Crippen MR) is 116 cm³/mol. The van der Waals surface area contributed by atoms with Crippen molar-refractivity contribution < 1.29 is 9.59 Å². The fourth-order valence-electron chi connectivity index (χ4n) is 3.63. The summed E-state index contributed by atoms with van der Waals surface area (Å²) in [5, 5.41) is 3.70. The number of carbonyl (C=O) groups is 2. The van der Waals surface area contributed by atoms with Crippen molar-refractivity contribution in [3.63, 3.8) is 0 Å². The van der Waals surface area contributed by atoms with Crippen molar-refractivity contribution in [1.29, 1.82) is 0 Å². The molecule has 0 saturated carbocycles. The van der Waals surface area contributed by atoms with E-state index in [0.717, 1.165) is 12.0 Å². The van der Waals surface area contributed by atoms with Crippen molar-refractivity contribution in [2.75, 3.05) is 23.7 Å². The van der Waals surface area contributed by atoms with E-state index in [9.17, 15) is 9.59 Å². The van der Waals surface area contributed by atoms with Crippen LogP contribution >= 0.6 is 11.6 Å². The first kappa shape index (κ1) is 21.8. The van der Waals surface area contributed by atoms with Gasteiger partial charge in [0.25, 0.3) is 5.91 Å². The quantitative estimate of drug-likeness (QED) is 0.538. The Hall–Kier alpha value is -2.91. The van der Waals surface area contributed by atoms with E-state index in [1.54, 1.807) is 12.1 Å². The van der Waals surface area contributed by atoms with Crippen molar-refractivity contribution in [2.24, 2.45) is 11.5 Å². The number of aromatic nitrogens is 2. The van der Waals surface area contributed by atoms with Crippen LogP contribution in [-0.2, 0) is 4.79 Å². The van der Waals surface area contributed by atoms with Crippen LogP contribution in [0, 0.1) is 0 Å². The summed E-state index contributed by atoms with van der Waals surface area (Å²) >= 11 is 5.96. The summed E-state index contributed by atoms with van der Waals surface area (Å²) in [4.78, 5) is 34.6. The number of carbonyl (C=O) groups excluding carboxylic acids is 2. The highest BCUT2D eigenvalue weighted by Crippen LogP contribution is 2.28. The number of hydrogen-bond donors (Lipinski definition) is 4. The minimum Gasteiger partial charge on any atom is -0.383 e. The number of hydrogen-bond acceptors (Lipinski definition) is 7. The zero-order valence-electron chi connectivity index (χ0n) is 16.8. The number of nitrogens with two attached hydrogens (primary N) is 3. The molecule has 1 aromatic carbocycles. The van der Waals surface area contributed by atoms with Crippen molar-refractivity contribution in [2.45, 2.75) is 37.8 Å². The van der Waals surface area contributed by atoms with Gasteiger partial charge in [-0.1, -0.05) is 30.7 Å². The van der Waals surface area contributed by atoms with Gasteiger partial charge in [-0.05, 0) is 37.0 Å². The standard InChI is InChI=1S/C20H26ClN7O2/c1-2-14(12-3-5-13(21)6-4-12)27-19(30)20(24)7-9-28(10-8-20)18-15(17(23)29)16(22)25-11-26-18/h3-6,11,14H,2,7-10,24H2,1H3,(H2,23,29)(H,27,30)(H2,22,25,26). The van der Waals surface area contributed by atoms with E-state index in [-0.39, 0.29) is 23.3 Å². The van der Waals surface area contributed by atoms with Crippen LogP contribution in [0.4, 0.5) is 11.6 Å². The maximum Gasteiger partial charge on any atom is 0.256 e. The SMILES string of the molecule is CCC(NC(=O)C1(N)CCN(c2ncnc(N)c2C(N)=O)CC1)c1ccc(Cl)cc1. The number of anilines is 2. The van der Waals surface area contributed by atoms with Gasteiger partial charge in [0.2, 0.25) is 5.91 Å². The summed E-state index contributed by atoms with van der Waals surface area (Å²) in [7, 11) is 0. The number of primary amides is 1. The molecule has 0 bridgehead atoms. The lowest BCUT2D eigenvalue weighted by Crippen LogP contribution is -2.60. The molecule has 9 nitrogen and oxygen atoms in total. The Morgan fingerprint density at radius 2 is 1.87 bits per heavy atom. The van der Waals surface area contributed by atoms with Crippen molar-refractivity contribution in [3.05, 3.63) is 46.7 Å². The van der Waals surface area contributed by atoms with Crippen LogP contribution in [0.5, 0.6) is 0 Å². The Balaban J connectivity index is 1.70. The van der Waals surface area contributed by atoms with Gasteiger partial charge in [-0.3, -0.25) is 9.59 Å². The molecule has 10 heteroatoms. The number of halogens is 1. The Morgan fingerprint density at radius 3 is 2.43 bits per heavy atom. The number of amides is 2. The first-order valence-electron chi connectivity index (χ1n) is 9.75. The van der Waals surface area contributed by atoms with Crippen molar-refractivity contribution in [3.8, 4) is 0 Å². The average Bonchev–Trinajstić information content (AvgIpc) is 2.72. The molecule has 1 unspecified atom stereocenters. The molecule has 160 valence electrons. The van der Waals surface area contributed by atoms with Crippen molar-refractivity contribution in [1.82, 2.24) is 15.3 Å². The molecule has 1 aliphatic rings. The molecule has 1 aromatic heterocycles. The number of nitrogens with zero attached hydrogens (tertiary/aromatic N) is 3. The lowest BCUT2D eigenvalue weighted by Gasteiger charge is -2.39. The second-order valence-corrected chi connectivity index (χ2v) is 7.89. The number of nitrogens with one attached hydrogen (secondary N) is 1. The smallest absolute Gasteiger partial charge is 0.256 e. The molecule has 1 atom stereocenters. The van der Waals surface area contributed by atoms with Crippen LogP contribution in [0.2, 0.25) is 5.02 Å². The van der Waals surface area contributed by atoms with Crippen LogP contribution in [0.1, 0.15) is 48.1 Å². The summed E-state index contributed by atoms with van der Waals surface area (Å²) in [6.07, 6.45) is 2.78. The molecule has 2 aromatic rings. The third-order valence-corrected chi connectivity index (χ3v) is 5.75. The van der Waals surface area contributed by atoms with E-state index >= 15 is 0 Å². The summed E-state index contributed by atoms with van der Waals surface area (Å²) in [6, 6.07) is 7.23. The summed E-state index contributed by atoms with van der Waals surface area (Å²) < 4.78 is 0. The fourth-order valence-corrected chi connectivity index (χ4v) is 3.75. The highest BCUT2D eigenvalue weighted by Gasteiger charge is 2.39. The summed E-state index contributed by atoms with van der Waals surface area (Å²) in [6.45, 7) is 2.85. The second kappa shape index (κ2) is 8.85.